The standard InChI is InChI=1S/C23H22N4O/c1-3-27(4-2)18-12-10-17(11-13-18)24-23(28)16-9-14-21-22(15-16)26-20-8-6-5-7-19(20)25-21/h5-15H,3-4H2,1-2H3,(H,24,28). The molecular formula is C23H22N4O. The lowest BCUT2D eigenvalue weighted by molar-refractivity contribution is 0.102. The molecule has 5 nitrogen and oxygen atoms in total. The SMILES string of the molecule is CCN(CC)c1ccc(NC(=O)c2ccc3nc4ccccc4nc3c2)cc1. The van der Waals surface area contributed by atoms with Crippen LogP contribution in [-0.2, 0) is 0 Å². The third-order valence-corrected chi connectivity index (χ3v) is 4.85. The van der Waals surface area contributed by atoms with E-state index < -0.39 is 0 Å². The first-order valence-corrected chi connectivity index (χ1v) is 9.51. The van der Waals surface area contributed by atoms with Gasteiger partial charge in [0.05, 0.1) is 22.1 Å². The number of rotatable bonds is 5. The Morgan fingerprint density at radius 2 is 1.43 bits per heavy atom. The largest absolute Gasteiger partial charge is 0.372 e. The van der Waals surface area contributed by atoms with Crippen molar-refractivity contribution in [1.82, 2.24) is 9.97 Å². The molecule has 5 heteroatoms. The molecule has 1 aromatic heterocycles. The molecule has 0 saturated heterocycles. The Bertz CT molecular complexity index is 1130. The Morgan fingerprint density at radius 1 is 0.821 bits per heavy atom. The molecule has 0 radical (unpaired) electrons. The molecule has 28 heavy (non-hydrogen) atoms. The maximum atomic E-state index is 12.7. The van der Waals surface area contributed by atoms with Crippen LogP contribution in [0, 0.1) is 0 Å². The molecule has 140 valence electrons. The zero-order valence-electron chi connectivity index (χ0n) is 16.0. The topological polar surface area (TPSA) is 58.1 Å². The summed E-state index contributed by atoms with van der Waals surface area (Å²) in [5.41, 5.74) is 5.63. The van der Waals surface area contributed by atoms with E-state index in [0.717, 1.165) is 41.0 Å². The van der Waals surface area contributed by atoms with Gasteiger partial charge in [-0.1, -0.05) is 12.1 Å². The highest BCUT2D eigenvalue weighted by molar-refractivity contribution is 6.06. The van der Waals surface area contributed by atoms with Gasteiger partial charge in [-0.2, -0.15) is 0 Å². The summed E-state index contributed by atoms with van der Waals surface area (Å²) in [6, 6.07) is 21.1. The molecular weight excluding hydrogens is 348 g/mol. The van der Waals surface area contributed by atoms with E-state index in [2.05, 4.69) is 34.0 Å². The molecule has 1 amide bonds. The van der Waals surface area contributed by atoms with Gasteiger partial charge < -0.3 is 10.2 Å². The smallest absolute Gasteiger partial charge is 0.255 e. The van der Waals surface area contributed by atoms with Crippen molar-refractivity contribution in [2.75, 3.05) is 23.3 Å². The third kappa shape index (κ3) is 3.51. The summed E-state index contributed by atoms with van der Waals surface area (Å²) in [6.07, 6.45) is 0. The molecule has 0 saturated carbocycles. The molecule has 1 N–H and O–H groups in total. The molecule has 4 aromatic rings. The number of hydrogen-bond donors (Lipinski definition) is 1. The first kappa shape index (κ1) is 17.9. The molecule has 0 aliphatic rings. The van der Waals surface area contributed by atoms with Crippen molar-refractivity contribution in [2.24, 2.45) is 0 Å². The van der Waals surface area contributed by atoms with Gasteiger partial charge in [-0.3, -0.25) is 4.79 Å². The van der Waals surface area contributed by atoms with Crippen molar-refractivity contribution in [3.63, 3.8) is 0 Å². The van der Waals surface area contributed by atoms with Crippen molar-refractivity contribution in [2.45, 2.75) is 13.8 Å². The Labute approximate surface area is 164 Å². The van der Waals surface area contributed by atoms with Gasteiger partial charge in [-0.05, 0) is 68.4 Å². The zero-order chi connectivity index (χ0) is 19.5. The molecule has 0 spiro atoms. The fourth-order valence-corrected chi connectivity index (χ4v) is 3.31. The summed E-state index contributed by atoms with van der Waals surface area (Å²) in [4.78, 5) is 24.2. The molecule has 0 atom stereocenters. The van der Waals surface area contributed by atoms with Crippen molar-refractivity contribution in [3.05, 3.63) is 72.3 Å². The van der Waals surface area contributed by atoms with Crippen LogP contribution in [0.25, 0.3) is 22.1 Å². The van der Waals surface area contributed by atoms with Crippen molar-refractivity contribution in [1.29, 1.82) is 0 Å². The maximum absolute atomic E-state index is 12.7. The normalized spacial score (nSPS) is 10.9. The monoisotopic (exact) mass is 370 g/mol. The van der Waals surface area contributed by atoms with Crippen LogP contribution in [0.3, 0.4) is 0 Å². The molecule has 0 fully saturated rings. The lowest BCUT2D eigenvalue weighted by Crippen LogP contribution is -2.21. The number of para-hydroxylation sites is 2. The first-order valence-electron chi connectivity index (χ1n) is 9.51. The number of anilines is 2. The van der Waals surface area contributed by atoms with Gasteiger partial charge in [-0.25, -0.2) is 9.97 Å². The number of amides is 1. The predicted molar refractivity (Wildman–Crippen MR) is 115 cm³/mol. The number of nitrogens with zero attached hydrogens (tertiary/aromatic N) is 3. The minimum Gasteiger partial charge on any atom is -0.372 e. The van der Waals surface area contributed by atoms with Crippen molar-refractivity contribution in [3.8, 4) is 0 Å². The van der Waals surface area contributed by atoms with Crippen LogP contribution in [0.2, 0.25) is 0 Å². The molecule has 0 aliphatic carbocycles. The summed E-state index contributed by atoms with van der Waals surface area (Å²) in [5, 5.41) is 2.96. The van der Waals surface area contributed by atoms with E-state index >= 15 is 0 Å². The first-order chi connectivity index (χ1) is 13.7. The molecule has 0 unspecified atom stereocenters. The predicted octanol–water partition coefficient (Wildman–Crippen LogP) is 4.88. The lowest BCUT2D eigenvalue weighted by Gasteiger charge is -2.21. The zero-order valence-corrected chi connectivity index (χ0v) is 16.0. The number of fused-ring (bicyclic) bond motifs is 2. The van der Waals surface area contributed by atoms with E-state index in [1.165, 1.54) is 0 Å². The van der Waals surface area contributed by atoms with E-state index in [0.29, 0.717) is 11.1 Å². The summed E-state index contributed by atoms with van der Waals surface area (Å²) >= 11 is 0. The molecule has 4 rings (SSSR count). The average Bonchev–Trinajstić information content (AvgIpc) is 2.74. The fraction of sp³-hybridized carbons (Fsp3) is 0.174. The van der Waals surface area contributed by atoms with Gasteiger partial charge >= 0.3 is 0 Å². The summed E-state index contributed by atoms with van der Waals surface area (Å²) in [5.74, 6) is -0.160. The highest BCUT2D eigenvalue weighted by atomic mass is 16.1. The van der Waals surface area contributed by atoms with E-state index in [1.54, 1.807) is 12.1 Å². The highest BCUT2D eigenvalue weighted by Crippen LogP contribution is 2.20. The van der Waals surface area contributed by atoms with Gasteiger partial charge in [0.25, 0.3) is 5.91 Å². The number of carbonyl (C=O) groups is 1. The van der Waals surface area contributed by atoms with Gasteiger partial charge in [0, 0.05) is 30.0 Å². The van der Waals surface area contributed by atoms with E-state index in [4.69, 9.17) is 0 Å². The van der Waals surface area contributed by atoms with Gasteiger partial charge in [0.1, 0.15) is 0 Å². The summed E-state index contributed by atoms with van der Waals surface area (Å²) < 4.78 is 0. The van der Waals surface area contributed by atoms with Crippen LogP contribution in [0.15, 0.2) is 66.7 Å². The van der Waals surface area contributed by atoms with E-state index in [9.17, 15) is 4.79 Å². The number of carbonyl (C=O) groups excluding carboxylic acids is 1. The summed E-state index contributed by atoms with van der Waals surface area (Å²) in [7, 11) is 0. The van der Waals surface area contributed by atoms with Crippen LogP contribution < -0.4 is 10.2 Å². The van der Waals surface area contributed by atoms with Crippen LogP contribution >= 0.6 is 0 Å². The number of aromatic nitrogens is 2. The van der Waals surface area contributed by atoms with E-state index in [1.807, 2.05) is 54.6 Å². The second-order valence-corrected chi connectivity index (χ2v) is 6.59. The Hall–Kier alpha value is -3.47. The second kappa shape index (κ2) is 7.64. The van der Waals surface area contributed by atoms with Gasteiger partial charge in [0.2, 0.25) is 0 Å². The summed E-state index contributed by atoms with van der Waals surface area (Å²) in [6.45, 7) is 6.17. The number of benzene rings is 3. The van der Waals surface area contributed by atoms with Gasteiger partial charge in [0.15, 0.2) is 0 Å². The Kier molecular flexibility index (Phi) is 4.89. The highest BCUT2D eigenvalue weighted by Gasteiger charge is 2.10. The van der Waals surface area contributed by atoms with Crippen molar-refractivity contribution < 1.29 is 4.79 Å². The Balaban J connectivity index is 1.57. The van der Waals surface area contributed by atoms with E-state index in [-0.39, 0.29) is 5.91 Å². The third-order valence-electron chi connectivity index (χ3n) is 4.85. The number of hydrogen-bond acceptors (Lipinski definition) is 4. The number of nitrogens with one attached hydrogen (secondary N) is 1. The molecule has 0 bridgehead atoms. The van der Waals surface area contributed by atoms with Crippen molar-refractivity contribution >= 4 is 39.3 Å². The van der Waals surface area contributed by atoms with Gasteiger partial charge in [-0.15, -0.1) is 0 Å². The lowest BCUT2D eigenvalue weighted by atomic mass is 10.1. The molecule has 3 aromatic carbocycles. The van der Waals surface area contributed by atoms with Crippen LogP contribution in [0.1, 0.15) is 24.2 Å². The van der Waals surface area contributed by atoms with Crippen LogP contribution in [0.4, 0.5) is 11.4 Å². The maximum Gasteiger partial charge on any atom is 0.255 e. The average molecular weight is 370 g/mol. The molecule has 0 aliphatic heterocycles. The minimum atomic E-state index is -0.160. The van der Waals surface area contributed by atoms with Crippen LogP contribution in [-0.4, -0.2) is 29.0 Å². The fourth-order valence-electron chi connectivity index (χ4n) is 3.31. The second-order valence-electron chi connectivity index (χ2n) is 6.59. The Morgan fingerprint density at radius 3 is 2.07 bits per heavy atom. The quantitative estimate of drug-likeness (QED) is 0.509. The van der Waals surface area contributed by atoms with Crippen LogP contribution in [0.5, 0.6) is 0 Å². The minimum absolute atomic E-state index is 0.160. The molecule has 1 heterocycles.